The van der Waals surface area contributed by atoms with Crippen LogP contribution in [0.3, 0.4) is 0 Å². The second-order valence-corrected chi connectivity index (χ2v) is 5.19. The van der Waals surface area contributed by atoms with Crippen LogP contribution in [0.2, 0.25) is 0 Å². The maximum atomic E-state index is 5.87. The number of hydrogen-bond donors (Lipinski definition) is 1. The fourth-order valence-electron chi connectivity index (χ4n) is 3.43. The lowest BCUT2D eigenvalue weighted by atomic mass is 9.85. The lowest BCUT2D eigenvalue weighted by Crippen LogP contribution is -2.34. The van der Waals surface area contributed by atoms with Crippen molar-refractivity contribution in [1.29, 1.82) is 0 Å². The number of nitrogen functional groups attached to an aromatic ring is 1. The Bertz CT molecular complexity index is 375. The summed E-state index contributed by atoms with van der Waals surface area (Å²) in [5, 5.41) is 0. The molecule has 1 saturated carbocycles. The highest BCUT2D eigenvalue weighted by Crippen LogP contribution is 2.38. The number of benzene rings is 1. The van der Waals surface area contributed by atoms with Gasteiger partial charge in [-0.2, -0.15) is 0 Å². The van der Waals surface area contributed by atoms with Crippen LogP contribution in [-0.4, -0.2) is 12.6 Å². The summed E-state index contributed by atoms with van der Waals surface area (Å²) in [4.78, 5) is 2.58. The first-order valence-electron chi connectivity index (χ1n) is 6.47. The SMILES string of the molecule is Nc1cccc(N2CCC3CCCCC32)c1. The summed E-state index contributed by atoms with van der Waals surface area (Å²) in [5.74, 6) is 0.940. The predicted molar refractivity (Wildman–Crippen MR) is 68.6 cm³/mol. The average molecular weight is 216 g/mol. The van der Waals surface area contributed by atoms with Crippen molar-refractivity contribution in [1.82, 2.24) is 0 Å². The molecule has 1 aromatic rings. The van der Waals surface area contributed by atoms with Crippen LogP contribution in [-0.2, 0) is 0 Å². The van der Waals surface area contributed by atoms with E-state index < -0.39 is 0 Å². The lowest BCUT2D eigenvalue weighted by Gasteiger charge is -2.33. The quantitative estimate of drug-likeness (QED) is 0.731. The van der Waals surface area contributed by atoms with Gasteiger partial charge in [0, 0.05) is 24.0 Å². The first-order chi connectivity index (χ1) is 7.84. The van der Waals surface area contributed by atoms with Crippen molar-refractivity contribution in [3.63, 3.8) is 0 Å². The second kappa shape index (κ2) is 4.00. The molecule has 1 aromatic carbocycles. The Morgan fingerprint density at radius 3 is 2.88 bits per heavy atom. The molecule has 0 aromatic heterocycles. The van der Waals surface area contributed by atoms with E-state index in [1.54, 1.807) is 0 Å². The standard InChI is InChI=1S/C14H20N2/c15-12-5-3-6-13(10-12)16-9-8-11-4-1-2-7-14(11)16/h3,5-6,10-11,14H,1-2,4,7-9,15H2. The van der Waals surface area contributed by atoms with E-state index in [-0.39, 0.29) is 0 Å². The van der Waals surface area contributed by atoms with Gasteiger partial charge in [-0.25, -0.2) is 0 Å². The van der Waals surface area contributed by atoms with Gasteiger partial charge in [0.1, 0.15) is 0 Å². The molecule has 3 rings (SSSR count). The summed E-state index contributed by atoms with van der Waals surface area (Å²) < 4.78 is 0. The molecule has 16 heavy (non-hydrogen) atoms. The van der Waals surface area contributed by atoms with Gasteiger partial charge >= 0.3 is 0 Å². The van der Waals surface area contributed by atoms with Gasteiger partial charge in [0.25, 0.3) is 0 Å². The van der Waals surface area contributed by atoms with Gasteiger partial charge in [0.2, 0.25) is 0 Å². The Morgan fingerprint density at radius 1 is 1.12 bits per heavy atom. The molecule has 2 N–H and O–H groups in total. The van der Waals surface area contributed by atoms with E-state index in [4.69, 9.17) is 5.73 Å². The van der Waals surface area contributed by atoms with Crippen LogP contribution in [0.4, 0.5) is 11.4 Å². The van der Waals surface area contributed by atoms with Gasteiger partial charge in [-0.15, -0.1) is 0 Å². The zero-order valence-electron chi connectivity index (χ0n) is 9.73. The molecular formula is C14H20N2. The van der Waals surface area contributed by atoms with Gasteiger partial charge in [-0.1, -0.05) is 18.9 Å². The number of rotatable bonds is 1. The van der Waals surface area contributed by atoms with Crippen LogP contribution >= 0.6 is 0 Å². The minimum Gasteiger partial charge on any atom is -0.399 e. The molecule has 2 heteroatoms. The molecule has 0 radical (unpaired) electrons. The predicted octanol–water partition coefficient (Wildman–Crippen LogP) is 3.04. The minimum atomic E-state index is 0.788. The molecule has 1 aliphatic carbocycles. The second-order valence-electron chi connectivity index (χ2n) is 5.19. The molecule has 2 unspecified atom stereocenters. The van der Waals surface area contributed by atoms with Gasteiger partial charge in [0.15, 0.2) is 0 Å². The summed E-state index contributed by atoms with van der Waals surface area (Å²) in [6, 6.07) is 9.15. The van der Waals surface area contributed by atoms with Crippen LogP contribution in [0.15, 0.2) is 24.3 Å². The molecule has 1 heterocycles. The third-order valence-corrected chi connectivity index (χ3v) is 4.21. The lowest BCUT2D eigenvalue weighted by molar-refractivity contribution is 0.342. The number of nitrogens with two attached hydrogens (primary N) is 1. The summed E-state index contributed by atoms with van der Waals surface area (Å²) >= 11 is 0. The monoisotopic (exact) mass is 216 g/mol. The fourth-order valence-corrected chi connectivity index (χ4v) is 3.43. The normalized spacial score (nSPS) is 29.1. The Morgan fingerprint density at radius 2 is 2.00 bits per heavy atom. The third-order valence-electron chi connectivity index (χ3n) is 4.21. The molecule has 86 valence electrons. The average Bonchev–Trinajstić information content (AvgIpc) is 2.72. The highest BCUT2D eigenvalue weighted by atomic mass is 15.2. The van der Waals surface area contributed by atoms with Gasteiger partial charge in [-0.3, -0.25) is 0 Å². The summed E-state index contributed by atoms with van der Waals surface area (Å²) in [6.07, 6.45) is 7.02. The maximum absolute atomic E-state index is 5.87. The van der Waals surface area contributed by atoms with Gasteiger partial charge in [-0.05, 0) is 43.4 Å². The molecule has 2 fully saturated rings. The summed E-state index contributed by atoms with van der Waals surface area (Å²) in [5.41, 5.74) is 8.08. The molecule has 0 amide bonds. The highest BCUT2D eigenvalue weighted by molar-refractivity contribution is 5.57. The van der Waals surface area contributed by atoms with Crippen molar-refractivity contribution >= 4 is 11.4 Å². The molecule has 1 aliphatic heterocycles. The number of hydrogen-bond acceptors (Lipinski definition) is 2. The maximum Gasteiger partial charge on any atom is 0.0389 e. The molecule has 2 aliphatic rings. The Hall–Kier alpha value is -1.18. The van der Waals surface area contributed by atoms with Crippen LogP contribution in [0, 0.1) is 5.92 Å². The molecule has 1 saturated heterocycles. The van der Waals surface area contributed by atoms with Crippen molar-refractivity contribution in [3.05, 3.63) is 24.3 Å². The minimum absolute atomic E-state index is 0.788. The molecule has 0 bridgehead atoms. The Labute approximate surface area is 97.4 Å². The number of nitrogens with zero attached hydrogens (tertiary/aromatic N) is 1. The molecule has 0 spiro atoms. The first kappa shape index (κ1) is 10.0. The first-order valence-corrected chi connectivity index (χ1v) is 6.47. The van der Waals surface area contributed by atoms with Gasteiger partial charge < -0.3 is 10.6 Å². The zero-order valence-corrected chi connectivity index (χ0v) is 9.73. The van der Waals surface area contributed by atoms with E-state index in [1.807, 2.05) is 6.07 Å². The van der Waals surface area contributed by atoms with Crippen LogP contribution in [0.5, 0.6) is 0 Å². The fraction of sp³-hybridized carbons (Fsp3) is 0.571. The molecule has 2 atom stereocenters. The molecular weight excluding hydrogens is 196 g/mol. The van der Waals surface area contributed by atoms with Crippen LogP contribution < -0.4 is 10.6 Å². The van der Waals surface area contributed by atoms with E-state index in [9.17, 15) is 0 Å². The third kappa shape index (κ3) is 1.66. The van der Waals surface area contributed by atoms with E-state index in [0.717, 1.165) is 17.6 Å². The molecule has 2 nitrogen and oxygen atoms in total. The van der Waals surface area contributed by atoms with E-state index in [0.29, 0.717) is 0 Å². The van der Waals surface area contributed by atoms with E-state index in [2.05, 4.69) is 23.1 Å². The topological polar surface area (TPSA) is 29.3 Å². The van der Waals surface area contributed by atoms with Gasteiger partial charge in [0.05, 0.1) is 0 Å². The largest absolute Gasteiger partial charge is 0.399 e. The van der Waals surface area contributed by atoms with E-state index >= 15 is 0 Å². The number of fused-ring (bicyclic) bond motifs is 1. The van der Waals surface area contributed by atoms with Crippen LogP contribution in [0.25, 0.3) is 0 Å². The zero-order chi connectivity index (χ0) is 11.0. The number of anilines is 2. The highest BCUT2D eigenvalue weighted by Gasteiger charge is 2.35. The van der Waals surface area contributed by atoms with E-state index in [1.165, 1.54) is 44.3 Å². The van der Waals surface area contributed by atoms with Crippen molar-refractivity contribution < 1.29 is 0 Å². The van der Waals surface area contributed by atoms with Crippen molar-refractivity contribution in [2.24, 2.45) is 5.92 Å². The smallest absolute Gasteiger partial charge is 0.0389 e. The van der Waals surface area contributed by atoms with Crippen molar-refractivity contribution in [2.45, 2.75) is 38.1 Å². The Kier molecular flexibility index (Phi) is 2.50. The summed E-state index contributed by atoms with van der Waals surface area (Å²) in [6.45, 7) is 1.22. The van der Waals surface area contributed by atoms with Crippen molar-refractivity contribution in [2.75, 3.05) is 17.2 Å². The van der Waals surface area contributed by atoms with Crippen molar-refractivity contribution in [3.8, 4) is 0 Å². The van der Waals surface area contributed by atoms with Crippen LogP contribution in [0.1, 0.15) is 32.1 Å². The summed E-state index contributed by atoms with van der Waals surface area (Å²) in [7, 11) is 0. The Balaban J connectivity index is 1.85.